The standard InChI is InChI=1S/C21H20N4OS/c1-13-8-9-15-17(10-13)23-20(16-6-4-5-7-18(16)26)24-21(15)25(3)11-19-22-14(2)12-27-19/h4-10,12,26H,11H2,1-3H3. The zero-order chi connectivity index (χ0) is 19.0. The van der Waals surface area contributed by atoms with Crippen LogP contribution >= 0.6 is 11.3 Å². The van der Waals surface area contributed by atoms with Crippen LogP contribution in [0, 0.1) is 13.8 Å². The van der Waals surface area contributed by atoms with Crippen LogP contribution in [0.3, 0.4) is 0 Å². The lowest BCUT2D eigenvalue weighted by Gasteiger charge is -2.20. The fourth-order valence-electron chi connectivity index (χ4n) is 3.05. The SMILES string of the molecule is Cc1ccc2c(N(C)Cc3nc(C)cs3)nc(-c3ccccc3O)nc2c1. The molecule has 0 radical (unpaired) electrons. The molecule has 0 unspecified atom stereocenters. The number of hydrogen-bond donors (Lipinski definition) is 1. The van der Waals surface area contributed by atoms with Gasteiger partial charge in [0, 0.05) is 23.5 Å². The van der Waals surface area contributed by atoms with E-state index in [1.807, 2.05) is 39.1 Å². The molecule has 0 fully saturated rings. The zero-order valence-corrected chi connectivity index (χ0v) is 16.3. The van der Waals surface area contributed by atoms with Crippen molar-refractivity contribution in [2.45, 2.75) is 20.4 Å². The Labute approximate surface area is 162 Å². The summed E-state index contributed by atoms with van der Waals surface area (Å²) in [6, 6.07) is 13.3. The highest BCUT2D eigenvalue weighted by Gasteiger charge is 2.16. The van der Waals surface area contributed by atoms with Crippen molar-refractivity contribution in [1.82, 2.24) is 15.0 Å². The second-order valence-corrected chi connectivity index (χ2v) is 7.59. The van der Waals surface area contributed by atoms with E-state index in [9.17, 15) is 5.11 Å². The van der Waals surface area contributed by atoms with Crippen LogP contribution in [0.15, 0.2) is 47.8 Å². The van der Waals surface area contributed by atoms with Gasteiger partial charge in [0.2, 0.25) is 0 Å². The molecule has 0 spiro atoms. The van der Waals surface area contributed by atoms with Gasteiger partial charge < -0.3 is 10.0 Å². The quantitative estimate of drug-likeness (QED) is 0.559. The van der Waals surface area contributed by atoms with E-state index >= 15 is 0 Å². The molecule has 136 valence electrons. The molecule has 5 nitrogen and oxygen atoms in total. The van der Waals surface area contributed by atoms with Crippen molar-refractivity contribution in [3.8, 4) is 17.1 Å². The first-order valence-electron chi connectivity index (χ1n) is 8.70. The Morgan fingerprint density at radius 2 is 1.85 bits per heavy atom. The second kappa shape index (κ2) is 6.96. The molecule has 0 aliphatic heterocycles. The third kappa shape index (κ3) is 3.48. The largest absolute Gasteiger partial charge is 0.507 e. The lowest BCUT2D eigenvalue weighted by molar-refractivity contribution is 0.477. The van der Waals surface area contributed by atoms with Crippen LogP contribution in [0.1, 0.15) is 16.3 Å². The number of fused-ring (bicyclic) bond motifs is 1. The molecular weight excluding hydrogens is 356 g/mol. The number of anilines is 1. The fraction of sp³-hybridized carbons (Fsp3) is 0.190. The molecule has 0 saturated heterocycles. The second-order valence-electron chi connectivity index (χ2n) is 6.65. The number of aryl methyl sites for hydroxylation is 2. The molecule has 6 heteroatoms. The van der Waals surface area contributed by atoms with Gasteiger partial charge in [0.1, 0.15) is 16.6 Å². The van der Waals surface area contributed by atoms with Crippen molar-refractivity contribution < 1.29 is 5.11 Å². The number of hydrogen-bond acceptors (Lipinski definition) is 6. The van der Waals surface area contributed by atoms with Crippen LogP contribution in [0.4, 0.5) is 5.82 Å². The summed E-state index contributed by atoms with van der Waals surface area (Å²) in [5, 5.41) is 14.3. The summed E-state index contributed by atoms with van der Waals surface area (Å²) >= 11 is 1.65. The summed E-state index contributed by atoms with van der Waals surface area (Å²) in [6.07, 6.45) is 0. The first-order valence-corrected chi connectivity index (χ1v) is 9.58. The highest BCUT2D eigenvalue weighted by molar-refractivity contribution is 7.09. The molecule has 4 rings (SSSR count). The summed E-state index contributed by atoms with van der Waals surface area (Å²) in [5.74, 6) is 1.52. The highest BCUT2D eigenvalue weighted by Crippen LogP contribution is 2.32. The van der Waals surface area contributed by atoms with Crippen molar-refractivity contribution in [2.75, 3.05) is 11.9 Å². The maximum atomic E-state index is 10.3. The summed E-state index contributed by atoms with van der Waals surface area (Å²) in [4.78, 5) is 16.1. The van der Waals surface area contributed by atoms with Crippen molar-refractivity contribution >= 4 is 28.1 Å². The van der Waals surface area contributed by atoms with E-state index in [4.69, 9.17) is 9.97 Å². The van der Waals surface area contributed by atoms with Crippen LogP contribution in [0.25, 0.3) is 22.3 Å². The zero-order valence-electron chi connectivity index (χ0n) is 15.5. The minimum Gasteiger partial charge on any atom is -0.507 e. The fourth-order valence-corrected chi connectivity index (χ4v) is 3.87. The minimum absolute atomic E-state index is 0.175. The van der Waals surface area contributed by atoms with E-state index < -0.39 is 0 Å². The van der Waals surface area contributed by atoms with Crippen LogP contribution in [-0.2, 0) is 6.54 Å². The van der Waals surface area contributed by atoms with E-state index in [2.05, 4.69) is 27.4 Å². The molecule has 0 atom stereocenters. The number of phenolic OH excluding ortho intramolecular Hbond substituents is 1. The average Bonchev–Trinajstić information content (AvgIpc) is 3.05. The highest BCUT2D eigenvalue weighted by atomic mass is 32.1. The summed E-state index contributed by atoms with van der Waals surface area (Å²) in [6.45, 7) is 4.71. The number of rotatable bonds is 4. The summed E-state index contributed by atoms with van der Waals surface area (Å²) in [7, 11) is 2.01. The number of phenols is 1. The molecule has 1 N–H and O–H groups in total. The van der Waals surface area contributed by atoms with Gasteiger partial charge in [-0.2, -0.15) is 0 Å². The van der Waals surface area contributed by atoms with Crippen molar-refractivity contribution in [1.29, 1.82) is 0 Å². The van der Waals surface area contributed by atoms with Crippen LogP contribution < -0.4 is 4.90 Å². The third-order valence-corrected chi connectivity index (χ3v) is 5.33. The molecule has 2 heterocycles. The Balaban J connectivity index is 1.86. The van der Waals surface area contributed by atoms with Crippen molar-refractivity contribution in [3.05, 3.63) is 64.1 Å². The number of para-hydroxylation sites is 1. The number of aromatic hydroxyl groups is 1. The predicted octanol–water partition coefficient (Wildman–Crippen LogP) is 4.71. The van der Waals surface area contributed by atoms with Gasteiger partial charge in [0.15, 0.2) is 5.82 Å². The van der Waals surface area contributed by atoms with Gasteiger partial charge in [0.05, 0.1) is 17.6 Å². The topological polar surface area (TPSA) is 62.1 Å². The first kappa shape index (κ1) is 17.4. The molecule has 4 aromatic rings. The van der Waals surface area contributed by atoms with E-state index in [0.717, 1.165) is 33.0 Å². The Hall–Kier alpha value is -2.99. The van der Waals surface area contributed by atoms with Crippen LogP contribution in [-0.4, -0.2) is 27.1 Å². The molecule has 0 saturated carbocycles. The van der Waals surface area contributed by atoms with Gasteiger partial charge in [-0.1, -0.05) is 18.2 Å². The van der Waals surface area contributed by atoms with Crippen molar-refractivity contribution in [2.24, 2.45) is 0 Å². The number of thiazole rings is 1. The molecule has 0 aliphatic rings. The molecular formula is C21H20N4OS. The number of benzene rings is 2. The maximum absolute atomic E-state index is 10.3. The molecule has 2 aromatic carbocycles. The predicted molar refractivity (Wildman–Crippen MR) is 110 cm³/mol. The summed E-state index contributed by atoms with van der Waals surface area (Å²) in [5.41, 5.74) is 3.65. The molecule has 0 bridgehead atoms. The Kier molecular flexibility index (Phi) is 4.49. The van der Waals surface area contributed by atoms with Gasteiger partial charge in [0.25, 0.3) is 0 Å². The van der Waals surface area contributed by atoms with E-state index in [0.29, 0.717) is 17.9 Å². The van der Waals surface area contributed by atoms with E-state index in [-0.39, 0.29) is 5.75 Å². The van der Waals surface area contributed by atoms with E-state index in [1.54, 1.807) is 23.5 Å². The third-order valence-electron chi connectivity index (χ3n) is 4.38. The minimum atomic E-state index is 0.175. The van der Waals surface area contributed by atoms with Crippen LogP contribution in [0.5, 0.6) is 5.75 Å². The molecule has 2 aromatic heterocycles. The summed E-state index contributed by atoms with van der Waals surface area (Å²) < 4.78 is 0. The Morgan fingerprint density at radius 1 is 1.04 bits per heavy atom. The Morgan fingerprint density at radius 3 is 2.59 bits per heavy atom. The van der Waals surface area contributed by atoms with Gasteiger partial charge in [-0.3, -0.25) is 0 Å². The van der Waals surface area contributed by atoms with Gasteiger partial charge >= 0.3 is 0 Å². The maximum Gasteiger partial charge on any atom is 0.165 e. The van der Waals surface area contributed by atoms with E-state index in [1.165, 1.54) is 0 Å². The average molecular weight is 376 g/mol. The van der Waals surface area contributed by atoms with Gasteiger partial charge in [-0.15, -0.1) is 11.3 Å². The number of aromatic nitrogens is 3. The monoisotopic (exact) mass is 376 g/mol. The smallest absolute Gasteiger partial charge is 0.165 e. The van der Waals surface area contributed by atoms with Gasteiger partial charge in [-0.25, -0.2) is 15.0 Å². The van der Waals surface area contributed by atoms with Crippen LogP contribution in [0.2, 0.25) is 0 Å². The lowest BCUT2D eigenvalue weighted by atomic mass is 10.1. The molecule has 0 aliphatic carbocycles. The molecule has 27 heavy (non-hydrogen) atoms. The lowest BCUT2D eigenvalue weighted by Crippen LogP contribution is -2.18. The first-order chi connectivity index (χ1) is 13.0. The van der Waals surface area contributed by atoms with Crippen molar-refractivity contribution in [3.63, 3.8) is 0 Å². The van der Waals surface area contributed by atoms with Gasteiger partial charge in [-0.05, 0) is 43.7 Å². The molecule has 0 amide bonds. The Bertz CT molecular complexity index is 1120. The number of nitrogens with zero attached hydrogens (tertiary/aromatic N) is 4. The normalized spacial score (nSPS) is 11.1.